The smallest absolute Gasteiger partial charge is 0.448 e. The van der Waals surface area contributed by atoms with Gasteiger partial charge in [-0.2, -0.15) is 13.2 Å². The van der Waals surface area contributed by atoms with Gasteiger partial charge in [0.15, 0.2) is 0 Å². The highest BCUT2D eigenvalue weighted by Crippen LogP contribution is 2.40. The quantitative estimate of drug-likeness (QED) is 0.265. The van der Waals surface area contributed by atoms with Crippen molar-refractivity contribution in [2.24, 2.45) is 16.1 Å². The van der Waals surface area contributed by atoms with E-state index in [0.29, 0.717) is 18.1 Å². The maximum Gasteiger partial charge on any atom is 0.448 e. The van der Waals surface area contributed by atoms with E-state index in [-0.39, 0.29) is 17.1 Å². The van der Waals surface area contributed by atoms with Gasteiger partial charge in [0, 0.05) is 42.0 Å². The second-order valence-corrected chi connectivity index (χ2v) is 10.1. The first kappa shape index (κ1) is 27.5. The van der Waals surface area contributed by atoms with Gasteiger partial charge < -0.3 is 20.7 Å². The van der Waals surface area contributed by atoms with Crippen molar-refractivity contribution >= 4 is 23.5 Å². The predicted octanol–water partition coefficient (Wildman–Crippen LogP) is 5.69. The molecule has 2 aliphatic heterocycles. The number of urea groups is 1. The summed E-state index contributed by atoms with van der Waals surface area (Å²) in [6, 6.07) is 14.9. The molecule has 0 radical (unpaired) electrons. The molecule has 0 aromatic heterocycles. The van der Waals surface area contributed by atoms with Gasteiger partial charge in [-0.15, -0.1) is 0 Å². The summed E-state index contributed by atoms with van der Waals surface area (Å²) in [5.41, 5.74) is 6.21. The van der Waals surface area contributed by atoms with Crippen molar-refractivity contribution in [3.63, 3.8) is 0 Å². The second-order valence-electron chi connectivity index (χ2n) is 9.62. The lowest BCUT2D eigenvalue weighted by Gasteiger charge is -2.53. The Morgan fingerprint density at radius 2 is 1.84 bits per heavy atom. The number of allylic oxidation sites excluding steroid dienone is 1. The van der Waals surface area contributed by atoms with Gasteiger partial charge >= 0.3 is 12.2 Å². The maximum atomic E-state index is 12.5. The number of aliphatic imine (C=N–C) groups is 1. The summed E-state index contributed by atoms with van der Waals surface area (Å²) in [7, 11) is 0. The zero-order chi connectivity index (χ0) is 27.3. The van der Waals surface area contributed by atoms with Crippen LogP contribution in [-0.4, -0.2) is 54.0 Å². The molecular formula is C27H29ClF3N5O2. The van der Waals surface area contributed by atoms with Crippen LogP contribution in [0.2, 0.25) is 5.02 Å². The van der Waals surface area contributed by atoms with E-state index in [1.54, 1.807) is 17.0 Å². The molecular weight excluding hydrogens is 519 g/mol. The van der Waals surface area contributed by atoms with Crippen molar-refractivity contribution in [1.82, 2.24) is 15.1 Å². The van der Waals surface area contributed by atoms with Crippen LogP contribution in [0.15, 0.2) is 78.1 Å². The molecule has 7 nitrogen and oxygen atoms in total. The van der Waals surface area contributed by atoms with Crippen LogP contribution in [0.25, 0.3) is 0 Å². The molecule has 2 saturated heterocycles. The van der Waals surface area contributed by atoms with Gasteiger partial charge in [0.25, 0.3) is 0 Å². The Morgan fingerprint density at radius 3 is 2.50 bits per heavy atom. The number of likely N-dealkylation sites (tertiary alicyclic amines) is 2. The molecule has 1 spiro atoms. The topological polar surface area (TPSA) is 83.2 Å². The highest BCUT2D eigenvalue weighted by Gasteiger charge is 2.46. The Morgan fingerprint density at radius 1 is 1.16 bits per heavy atom. The first-order chi connectivity index (χ1) is 18.0. The van der Waals surface area contributed by atoms with Crippen LogP contribution < -0.4 is 15.8 Å². The monoisotopic (exact) mass is 547 g/mol. The molecule has 202 valence electrons. The molecule has 0 atom stereocenters. The Labute approximate surface area is 224 Å². The molecule has 0 saturated carbocycles. The lowest BCUT2D eigenvalue weighted by molar-refractivity contribution is -0.0598. The minimum Gasteiger partial charge on any atom is -0.457 e. The summed E-state index contributed by atoms with van der Waals surface area (Å²) in [6.45, 7) is 7.54. The summed E-state index contributed by atoms with van der Waals surface area (Å²) in [4.78, 5) is 19.6. The molecule has 38 heavy (non-hydrogen) atoms. The molecule has 2 amide bonds. The third-order valence-corrected chi connectivity index (χ3v) is 6.91. The average Bonchev–Trinajstić information content (AvgIpc) is 2.84. The summed E-state index contributed by atoms with van der Waals surface area (Å²) < 4.78 is 43.0. The van der Waals surface area contributed by atoms with Gasteiger partial charge in [0.2, 0.25) is 5.84 Å². The number of amides is 2. The Bertz CT molecular complexity index is 1210. The third-order valence-electron chi connectivity index (χ3n) is 6.66. The van der Waals surface area contributed by atoms with E-state index in [4.69, 9.17) is 22.1 Å². The van der Waals surface area contributed by atoms with Gasteiger partial charge in [-0.1, -0.05) is 30.3 Å². The van der Waals surface area contributed by atoms with Crippen molar-refractivity contribution in [1.29, 1.82) is 0 Å². The number of rotatable bonds is 7. The van der Waals surface area contributed by atoms with Crippen LogP contribution in [0.1, 0.15) is 18.4 Å². The fourth-order valence-corrected chi connectivity index (χ4v) is 4.68. The Kier molecular flexibility index (Phi) is 8.32. The van der Waals surface area contributed by atoms with E-state index in [9.17, 15) is 18.0 Å². The van der Waals surface area contributed by atoms with E-state index in [2.05, 4.69) is 27.9 Å². The van der Waals surface area contributed by atoms with Crippen molar-refractivity contribution in [3.05, 3.63) is 83.7 Å². The number of alkyl halides is 3. The van der Waals surface area contributed by atoms with Crippen molar-refractivity contribution in [2.45, 2.75) is 25.6 Å². The number of hydrogen-bond acceptors (Lipinski definition) is 4. The van der Waals surface area contributed by atoms with Crippen LogP contribution >= 0.6 is 11.6 Å². The van der Waals surface area contributed by atoms with Crippen LogP contribution in [0.5, 0.6) is 11.5 Å². The first-order valence-electron chi connectivity index (χ1n) is 12.1. The average molecular weight is 548 g/mol. The molecule has 2 aliphatic rings. The molecule has 0 aliphatic carbocycles. The number of hydrogen-bond donors (Lipinski definition) is 2. The van der Waals surface area contributed by atoms with Crippen molar-refractivity contribution < 1.29 is 22.7 Å². The summed E-state index contributed by atoms with van der Waals surface area (Å²) in [5, 5.41) is 3.23. The Hall–Kier alpha value is -3.50. The second kappa shape index (κ2) is 11.5. The van der Waals surface area contributed by atoms with Gasteiger partial charge in [0.1, 0.15) is 11.5 Å². The number of benzene rings is 2. The number of halogens is 4. The number of nitrogens with zero attached hydrogens (tertiary/aromatic N) is 3. The van der Waals surface area contributed by atoms with E-state index in [1.165, 1.54) is 6.08 Å². The fraction of sp³-hybridized carbons (Fsp3) is 0.333. The zero-order valence-corrected chi connectivity index (χ0v) is 21.4. The Balaban J connectivity index is 1.20. The van der Waals surface area contributed by atoms with Gasteiger partial charge in [-0.25, -0.2) is 9.79 Å². The van der Waals surface area contributed by atoms with Crippen LogP contribution in [0, 0.1) is 5.41 Å². The largest absolute Gasteiger partial charge is 0.457 e. The highest BCUT2D eigenvalue weighted by atomic mass is 35.5. The normalized spacial score (nSPS) is 17.9. The molecule has 2 heterocycles. The van der Waals surface area contributed by atoms with E-state index < -0.39 is 12.0 Å². The molecule has 0 unspecified atom stereocenters. The van der Waals surface area contributed by atoms with E-state index in [0.717, 1.165) is 55.7 Å². The molecule has 2 aromatic carbocycles. The first-order valence-corrected chi connectivity index (χ1v) is 12.5. The number of nitrogens with two attached hydrogens (primary N) is 1. The van der Waals surface area contributed by atoms with Crippen molar-refractivity contribution in [3.8, 4) is 11.5 Å². The van der Waals surface area contributed by atoms with E-state index >= 15 is 0 Å². The van der Waals surface area contributed by atoms with Gasteiger partial charge in [0.05, 0.1) is 0 Å². The zero-order valence-electron chi connectivity index (χ0n) is 20.7. The predicted molar refractivity (Wildman–Crippen MR) is 141 cm³/mol. The number of ether oxygens (including phenoxy) is 1. The van der Waals surface area contributed by atoms with Crippen molar-refractivity contribution in [2.75, 3.05) is 26.2 Å². The van der Waals surface area contributed by atoms with Crippen LogP contribution in [-0.2, 0) is 6.54 Å². The van der Waals surface area contributed by atoms with Crippen LogP contribution in [0.4, 0.5) is 18.0 Å². The number of nitrogens with one attached hydrogen (secondary N) is 1. The summed E-state index contributed by atoms with van der Waals surface area (Å²) in [6.07, 6.45) is -0.723. The molecule has 4 rings (SSSR count). The number of amidine groups is 1. The summed E-state index contributed by atoms with van der Waals surface area (Å²) in [5.74, 6) is 0.0261. The highest BCUT2D eigenvalue weighted by molar-refractivity contribution is 6.30. The van der Waals surface area contributed by atoms with E-state index in [1.807, 2.05) is 30.3 Å². The minimum absolute atomic E-state index is 0.0933. The van der Waals surface area contributed by atoms with Crippen LogP contribution in [0.3, 0.4) is 0 Å². The SMILES string of the molecule is C=C(/C=C\N=C(N)C(F)(F)F)NC(=O)N1CC2(CCN(Cc3cccc(Oc4ccc(Cl)cc4)c3)CC2)C1. The molecule has 2 aromatic rings. The standard InChI is InChI=1S/C27H29ClF3N5O2/c1-19(9-12-33-24(32)27(29,30)31)34-25(37)36-17-26(18-36)10-13-35(14-11-26)16-20-3-2-4-23(15-20)38-22-7-5-21(28)6-8-22/h2-9,12,15H,1,10-11,13-14,16-18H2,(H2,32,33)(H,34,37)/b12-9-. The van der Waals surface area contributed by atoms with Gasteiger partial charge in [-0.05, 0) is 74.0 Å². The number of piperidine rings is 1. The molecule has 0 bridgehead atoms. The molecule has 11 heteroatoms. The van der Waals surface area contributed by atoms with Gasteiger partial charge in [-0.3, -0.25) is 4.90 Å². The number of carbonyl (C=O) groups is 1. The molecule has 3 N–H and O–H groups in total. The lowest BCUT2D eigenvalue weighted by atomic mass is 9.72. The summed E-state index contributed by atoms with van der Waals surface area (Å²) >= 11 is 5.94. The molecule has 2 fully saturated rings. The number of carbonyl (C=O) groups excluding carboxylic acids is 1. The minimum atomic E-state index is -4.70. The third kappa shape index (κ3) is 7.29. The maximum absolute atomic E-state index is 12.5. The fourth-order valence-electron chi connectivity index (χ4n) is 4.55. The lowest BCUT2D eigenvalue weighted by Crippen LogP contribution is -2.63.